The molecule has 0 unspecified atom stereocenters. The molecule has 1 fully saturated rings. The Bertz CT molecular complexity index is 641. The predicted octanol–water partition coefficient (Wildman–Crippen LogP) is 0.947. The average Bonchev–Trinajstić information content (AvgIpc) is 2.96. The predicted molar refractivity (Wildman–Crippen MR) is 82.4 cm³/mol. The molecule has 1 aromatic heterocycles. The summed E-state index contributed by atoms with van der Waals surface area (Å²) < 4.78 is 7.36. The molecule has 1 aliphatic heterocycles. The van der Waals surface area contributed by atoms with Crippen molar-refractivity contribution in [3.05, 3.63) is 48.3 Å². The zero-order valence-electron chi connectivity index (χ0n) is 12.6. The zero-order chi connectivity index (χ0) is 15.5. The van der Waals surface area contributed by atoms with Gasteiger partial charge in [0.2, 0.25) is 5.91 Å². The van der Waals surface area contributed by atoms with E-state index < -0.39 is 6.04 Å². The van der Waals surface area contributed by atoms with Crippen molar-refractivity contribution in [3.63, 3.8) is 0 Å². The molecule has 3 rings (SSSR count). The largest absolute Gasteiger partial charge is 0.375 e. The summed E-state index contributed by atoms with van der Waals surface area (Å²) >= 11 is 0. The molecule has 6 heteroatoms. The number of carbonyl (C=O) groups is 1. The van der Waals surface area contributed by atoms with Gasteiger partial charge in [-0.05, 0) is 25.1 Å². The maximum atomic E-state index is 11.7. The van der Waals surface area contributed by atoms with Gasteiger partial charge in [-0.25, -0.2) is 4.68 Å². The van der Waals surface area contributed by atoms with Gasteiger partial charge in [0.05, 0.1) is 24.1 Å². The molecule has 2 aromatic rings. The molecule has 2 N–H and O–H groups in total. The summed E-state index contributed by atoms with van der Waals surface area (Å²) in [5.74, 6) is -0.352. The van der Waals surface area contributed by atoms with E-state index in [1.54, 1.807) is 0 Å². The minimum atomic E-state index is -0.407. The van der Waals surface area contributed by atoms with Gasteiger partial charge in [-0.3, -0.25) is 9.69 Å². The second-order valence-corrected chi connectivity index (χ2v) is 5.48. The number of primary amides is 1. The summed E-state index contributed by atoms with van der Waals surface area (Å²) in [6, 6.07) is 11.5. The van der Waals surface area contributed by atoms with Crippen molar-refractivity contribution in [2.24, 2.45) is 5.73 Å². The second kappa shape index (κ2) is 6.29. The number of para-hydroxylation sites is 1. The van der Waals surface area contributed by atoms with Crippen LogP contribution < -0.4 is 5.73 Å². The molecule has 2 atom stereocenters. The van der Waals surface area contributed by atoms with Crippen molar-refractivity contribution in [1.29, 1.82) is 0 Å². The van der Waals surface area contributed by atoms with Gasteiger partial charge in [-0.15, -0.1) is 0 Å². The van der Waals surface area contributed by atoms with E-state index in [4.69, 9.17) is 10.5 Å². The molecule has 116 valence electrons. The van der Waals surface area contributed by atoms with E-state index in [1.165, 1.54) is 0 Å². The van der Waals surface area contributed by atoms with Crippen LogP contribution in [-0.2, 0) is 16.1 Å². The fourth-order valence-corrected chi connectivity index (χ4v) is 2.85. The van der Waals surface area contributed by atoms with Gasteiger partial charge in [0.1, 0.15) is 6.04 Å². The third kappa shape index (κ3) is 3.03. The summed E-state index contributed by atoms with van der Waals surface area (Å²) in [6.07, 6.45) is 1.73. The van der Waals surface area contributed by atoms with Gasteiger partial charge in [0, 0.05) is 19.3 Å². The molecule has 6 nitrogen and oxygen atoms in total. The number of morpholine rings is 1. The van der Waals surface area contributed by atoms with Crippen molar-refractivity contribution in [2.45, 2.75) is 25.6 Å². The molecular formula is C16H20N4O2. The Balaban J connectivity index is 1.75. The van der Waals surface area contributed by atoms with Crippen LogP contribution in [0.1, 0.15) is 12.6 Å². The smallest absolute Gasteiger partial charge is 0.237 e. The number of carbonyl (C=O) groups excluding carboxylic acids is 1. The van der Waals surface area contributed by atoms with E-state index >= 15 is 0 Å². The summed E-state index contributed by atoms with van der Waals surface area (Å²) in [4.78, 5) is 13.7. The summed E-state index contributed by atoms with van der Waals surface area (Å²) in [7, 11) is 0. The van der Waals surface area contributed by atoms with Gasteiger partial charge in [0.25, 0.3) is 0 Å². The SMILES string of the molecule is C[C@H]1OCCN(Cc2ccn(-c3ccccc3)n2)[C@@H]1C(N)=O. The van der Waals surface area contributed by atoms with Crippen LogP contribution in [0.2, 0.25) is 0 Å². The molecule has 1 amide bonds. The van der Waals surface area contributed by atoms with Crippen molar-refractivity contribution < 1.29 is 9.53 Å². The highest BCUT2D eigenvalue weighted by Gasteiger charge is 2.33. The molecule has 1 aromatic carbocycles. The van der Waals surface area contributed by atoms with E-state index in [-0.39, 0.29) is 12.0 Å². The van der Waals surface area contributed by atoms with E-state index in [1.807, 2.05) is 59.1 Å². The molecule has 0 radical (unpaired) electrons. The number of nitrogens with zero attached hydrogens (tertiary/aromatic N) is 3. The first-order valence-corrected chi connectivity index (χ1v) is 7.40. The Kier molecular flexibility index (Phi) is 4.22. The zero-order valence-corrected chi connectivity index (χ0v) is 12.6. The Morgan fingerprint density at radius 3 is 2.86 bits per heavy atom. The monoisotopic (exact) mass is 300 g/mol. The molecule has 0 bridgehead atoms. The Morgan fingerprint density at radius 2 is 2.14 bits per heavy atom. The topological polar surface area (TPSA) is 73.4 Å². The summed E-state index contributed by atoms with van der Waals surface area (Å²) in [6.45, 7) is 3.74. The van der Waals surface area contributed by atoms with Crippen LogP contribution in [0.5, 0.6) is 0 Å². The molecule has 2 heterocycles. The van der Waals surface area contributed by atoms with Crippen LogP contribution in [0, 0.1) is 0 Å². The molecule has 0 spiro atoms. The highest BCUT2D eigenvalue weighted by molar-refractivity contribution is 5.80. The van der Waals surface area contributed by atoms with Crippen molar-refractivity contribution in [2.75, 3.05) is 13.2 Å². The maximum Gasteiger partial charge on any atom is 0.237 e. The first-order valence-electron chi connectivity index (χ1n) is 7.40. The molecular weight excluding hydrogens is 280 g/mol. The number of amides is 1. The average molecular weight is 300 g/mol. The fourth-order valence-electron chi connectivity index (χ4n) is 2.85. The van der Waals surface area contributed by atoms with E-state index in [2.05, 4.69) is 5.10 Å². The maximum absolute atomic E-state index is 11.7. The van der Waals surface area contributed by atoms with Crippen LogP contribution >= 0.6 is 0 Å². The Labute approximate surface area is 129 Å². The Hall–Kier alpha value is -2.18. The highest BCUT2D eigenvalue weighted by atomic mass is 16.5. The van der Waals surface area contributed by atoms with Crippen molar-refractivity contribution >= 4 is 5.91 Å². The normalized spacial score (nSPS) is 22.6. The fraction of sp³-hybridized carbons (Fsp3) is 0.375. The third-order valence-corrected chi connectivity index (χ3v) is 3.92. The van der Waals surface area contributed by atoms with Crippen LogP contribution in [0.25, 0.3) is 5.69 Å². The van der Waals surface area contributed by atoms with Gasteiger partial charge in [-0.1, -0.05) is 18.2 Å². The summed E-state index contributed by atoms with van der Waals surface area (Å²) in [5, 5.41) is 4.58. The van der Waals surface area contributed by atoms with Gasteiger partial charge in [-0.2, -0.15) is 5.10 Å². The minimum absolute atomic E-state index is 0.192. The minimum Gasteiger partial charge on any atom is -0.375 e. The lowest BCUT2D eigenvalue weighted by Crippen LogP contribution is -2.56. The second-order valence-electron chi connectivity index (χ2n) is 5.48. The lowest BCUT2D eigenvalue weighted by atomic mass is 10.1. The van der Waals surface area contributed by atoms with Gasteiger partial charge < -0.3 is 10.5 Å². The van der Waals surface area contributed by atoms with Crippen molar-refractivity contribution in [1.82, 2.24) is 14.7 Å². The lowest BCUT2D eigenvalue weighted by molar-refractivity contribution is -0.136. The standard InChI is InChI=1S/C16H20N4O2/c1-12-15(16(17)21)19(9-10-22-12)11-13-7-8-20(18-13)14-5-3-2-4-6-14/h2-8,12,15H,9-11H2,1H3,(H2,17,21)/t12-,15+/m1/s1. The number of hydrogen-bond acceptors (Lipinski definition) is 4. The van der Waals surface area contributed by atoms with Gasteiger partial charge >= 0.3 is 0 Å². The number of benzene rings is 1. The first kappa shape index (κ1) is 14.7. The number of nitrogens with two attached hydrogens (primary N) is 1. The Morgan fingerprint density at radius 1 is 1.36 bits per heavy atom. The van der Waals surface area contributed by atoms with E-state index in [0.717, 1.165) is 11.4 Å². The van der Waals surface area contributed by atoms with Gasteiger partial charge in [0.15, 0.2) is 0 Å². The molecule has 1 saturated heterocycles. The van der Waals surface area contributed by atoms with E-state index in [9.17, 15) is 4.79 Å². The number of aromatic nitrogens is 2. The molecule has 0 aliphatic carbocycles. The summed E-state index contributed by atoms with van der Waals surface area (Å²) in [5.41, 5.74) is 7.43. The number of ether oxygens (including phenoxy) is 1. The molecule has 0 saturated carbocycles. The number of rotatable bonds is 4. The van der Waals surface area contributed by atoms with Crippen LogP contribution in [0.4, 0.5) is 0 Å². The van der Waals surface area contributed by atoms with Crippen LogP contribution in [0.3, 0.4) is 0 Å². The first-order chi connectivity index (χ1) is 10.6. The quantitative estimate of drug-likeness (QED) is 0.912. The van der Waals surface area contributed by atoms with E-state index in [0.29, 0.717) is 19.7 Å². The van der Waals surface area contributed by atoms with Crippen LogP contribution in [0.15, 0.2) is 42.6 Å². The van der Waals surface area contributed by atoms with Crippen molar-refractivity contribution in [3.8, 4) is 5.69 Å². The molecule has 22 heavy (non-hydrogen) atoms. The van der Waals surface area contributed by atoms with Crippen LogP contribution in [-0.4, -0.2) is 45.9 Å². The third-order valence-electron chi connectivity index (χ3n) is 3.92. The molecule has 1 aliphatic rings. The lowest BCUT2D eigenvalue weighted by Gasteiger charge is -2.37. The number of hydrogen-bond donors (Lipinski definition) is 1. The highest BCUT2D eigenvalue weighted by Crippen LogP contribution is 2.17.